The van der Waals surface area contributed by atoms with E-state index in [4.69, 9.17) is 6.42 Å². The van der Waals surface area contributed by atoms with Crippen LogP contribution in [-0.4, -0.2) is 11.9 Å². The lowest BCUT2D eigenvalue weighted by atomic mass is 10.1. The molecule has 0 aromatic carbocycles. The number of hydrogen-bond donors (Lipinski definition) is 1. The molecule has 1 N–H and O–H groups in total. The van der Waals surface area contributed by atoms with Crippen LogP contribution in [-0.2, 0) is 4.79 Å². The number of hydrogen-bond acceptors (Lipinski definition) is 1. The van der Waals surface area contributed by atoms with E-state index in [9.17, 15) is 4.79 Å². The van der Waals surface area contributed by atoms with Crippen molar-refractivity contribution in [2.45, 2.75) is 39.7 Å². The van der Waals surface area contributed by atoms with Crippen molar-refractivity contribution in [2.75, 3.05) is 0 Å². The maximum Gasteiger partial charge on any atom is 0.244 e. The lowest BCUT2D eigenvalue weighted by Crippen LogP contribution is -2.32. The Morgan fingerprint density at radius 1 is 1.62 bits per heavy atom. The molecule has 13 heavy (non-hydrogen) atoms. The van der Waals surface area contributed by atoms with E-state index < -0.39 is 0 Å². The SMILES string of the molecule is C#CCC(CC)NC(=O)C=C(C)C. The third-order valence-electron chi connectivity index (χ3n) is 1.62. The average Bonchev–Trinajstić information content (AvgIpc) is 2.02. The Morgan fingerprint density at radius 3 is 2.62 bits per heavy atom. The van der Waals surface area contributed by atoms with Gasteiger partial charge in [-0.15, -0.1) is 12.3 Å². The van der Waals surface area contributed by atoms with E-state index in [0.29, 0.717) is 6.42 Å². The van der Waals surface area contributed by atoms with Crippen LogP contribution in [0.4, 0.5) is 0 Å². The number of allylic oxidation sites excluding steroid dienone is 1. The van der Waals surface area contributed by atoms with E-state index in [1.807, 2.05) is 20.8 Å². The van der Waals surface area contributed by atoms with Crippen molar-refractivity contribution in [1.82, 2.24) is 5.32 Å². The summed E-state index contributed by atoms with van der Waals surface area (Å²) in [5, 5.41) is 2.84. The fourth-order valence-corrected chi connectivity index (χ4v) is 0.945. The maximum atomic E-state index is 11.2. The maximum absolute atomic E-state index is 11.2. The van der Waals surface area contributed by atoms with E-state index in [2.05, 4.69) is 11.2 Å². The second kappa shape index (κ2) is 6.30. The van der Waals surface area contributed by atoms with E-state index in [1.165, 1.54) is 0 Å². The van der Waals surface area contributed by atoms with Crippen LogP contribution in [0.5, 0.6) is 0 Å². The Bertz CT molecular complexity index is 231. The average molecular weight is 179 g/mol. The summed E-state index contributed by atoms with van der Waals surface area (Å²) in [5.74, 6) is 2.49. The van der Waals surface area contributed by atoms with Crippen LogP contribution in [0.15, 0.2) is 11.6 Å². The highest BCUT2D eigenvalue weighted by atomic mass is 16.1. The highest BCUT2D eigenvalue weighted by Gasteiger charge is 2.06. The van der Waals surface area contributed by atoms with Crippen LogP contribution in [0.1, 0.15) is 33.6 Å². The van der Waals surface area contributed by atoms with Crippen molar-refractivity contribution in [3.63, 3.8) is 0 Å². The predicted molar refractivity (Wildman–Crippen MR) is 55.1 cm³/mol. The van der Waals surface area contributed by atoms with Gasteiger partial charge in [0.15, 0.2) is 0 Å². The minimum absolute atomic E-state index is 0.0536. The highest BCUT2D eigenvalue weighted by Crippen LogP contribution is 1.97. The molecular formula is C11H17NO. The first-order valence-corrected chi connectivity index (χ1v) is 4.49. The lowest BCUT2D eigenvalue weighted by Gasteiger charge is -2.12. The largest absolute Gasteiger partial charge is 0.349 e. The van der Waals surface area contributed by atoms with Crippen LogP contribution in [0, 0.1) is 12.3 Å². The molecule has 0 aromatic rings. The van der Waals surface area contributed by atoms with Gasteiger partial charge in [-0.3, -0.25) is 4.79 Å². The highest BCUT2D eigenvalue weighted by molar-refractivity contribution is 5.88. The van der Waals surface area contributed by atoms with Gasteiger partial charge >= 0.3 is 0 Å². The first kappa shape index (κ1) is 11.8. The summed E-state index contributed by atoms with van der Waals surface area (Å²) < 4.78 is 0. The van der Waals surface area contributed by atoms with Crippen LogP contribution in [0.2, 0.25) is 0 Å². The smallest absolute Gasteiger partial charge is 0.244 e. The van der Waals surface area contributed by atoms with E-state index in [1.54, 1.807) is 6.08 Å². The molecule has 1 amide bonds. The minimum Gasteiger partial charge on any atom is -0.349 e. The molecule has 0 aliphatic carbocycles. The molecule has 0 rings (SSSR count). The molecule has 0 spiro atoms. The first-order valence-electron chi connectivity index (χ1n) is 4.49. The zero-order chi connectivity index (χ0) is 10.3. The van der Waals surface area contributed by atoms with Crippen molar-refractivity contribution in [3.05, 3.63) is 11.6 Å². The number of carbonyl (C=O) groups is 1. The Labute approximate surface area is 80.4 Å². The molecule has 72 valence electrons. The van der Waals surface area contributed by atoms with Gasteiger partial charge < -0.3 is 5.32 Å². The third-order valence-corrected chi connectivity index (χ3v) is 1.62. The van der Waals surface area contributed by atoms with Gasteiger partial charge in [0.05, 0.1) is 0 Å². The second-order valence-electron chi connectivity index (χ2n) is 3.24. The minimum atomic E-state index is -0.0536. The molecule has 0 aliphatic rings. The summed E-state index contributed by atoms with van der Waals surface area (Å²) in [7, 11) is 0. The van der Waals surface area contributed by atoms with Gasteiger partial charge in [0.25, 0.3) is 0 Å². The quantitative estimate of drug-likeness (QED) is 0.518. The summed E-state index contributed by atoms with van der Waals surface area (Å²) in [5.41, 5.74) is 0.994. The van der Waals surface area contributed by atoms with Gasteiger partial charge in [-0.2, -0.15) is 0 Å². The molecule has 2 nitrogen and oxygen atoms in total. The van der Waals surface area contributed by atoms with Gasteiger partial charge in [-0.1, -0.05) is 12.5 Å². The zero-order valence-corrected chi connectivity index (χ0v) is 8.55. The molecule has 0 aromatic heterocycles. The molecule has 1 atom stereocenters. The second-order valence-corrected chi connectivity index (χ2v) is 3.24. The van der Waals surface area contributed by atoms with E-state index >= 15 is 0 Å². The molecule has 2 heteroatoms. The number of amides is 1. The Morgan fingerprint density at radius 2 is 2.23 bits per heavy atom. The molecule has 0 aliphatic heterocycles. The van der Waals surface area contributed by atoms with Gasteiger partial charge in [0.2, 0.25) is 5.91 Å². The van der Waals surface area contributed by atoms with Crippen molar-refractivity contribution in [2.24, 2.45) is 0 Å². The van der Waals surface area contributed by atoms with Gasteiger partial charge in [0, 0.05) is 18.5 Å². The molecular weight excluding hydrogens is 162 g/mol. The Kier molecular flexibility index (Phi) is 5.71. The number of rotatable bonds is 4. The topological polar surface area (TPSA) is 29.1 Å². The van der Waals surface area contributed by atoms with Crippen LogP contribution in [0.3, 0.4) is 0 Å². The molecule has 0 fully saturated rings. The number of terminal acetylenes is 1. The summed E-state index contributed by atoms with van der Waals surface area (Å²) in [6.45, 7) is 5.79. The summed E-state index contributed by atoms with van der Waals surface area (Å²) in [4.78, 5) is 11.2. The monoisotopic (exact) mass is 179 g/mol. The summed E-state index contributed by atoms with van der Waals surface area (Å²) >= 11 is 0. The number of carbonyl (C=O) groups excluding carboxylic acids is 1. The van der Waals surface area contributed by atoms with Crippen LogP contribution in [0.25, 0.3) is 0 Å². The van der Waals surface area contributed by atoms with Gasteiger partial charge in [-0.05, 0) is 20.3 Å². The summed E-state index contributed by atoms with van der Waals surface area (Å²) in [6.07, 6.45) is 8.21. The van der Waals surface area contributed by atoms with Crippen molar-refractivity contribution < 1.29 is 4.79 Å². The normalized spacial score (nSPS) is 11.2. The molecule has 0 radical (unpaired) electrons. The fourth-order valence-electron chi connectivity index (χ4n) is 0.945. The van der Waals surface area contributed by atoms with E-state index in [0.717, 1.165) is 12.0 Å². The van der Waals surface area contributed by atoms with Crippen molar-refractivity contribution in [1.29, 1.82) is 0 Å². The van der Waals surface area contributed by atoms with Crippen molar-refractivity contribution in [3.8, 4) is 12.3 Å². The zero-order valence-electron chi connectivity index (χ0n) is 8.55. The van der Waals surface area contributed by atoms with Gasteiger partial charge in [0.1, 0.15) is 0 Å². The Hall–Kier alpha value is -1.23. The first-order chi connectivity index (χ1) is 6.10. The van der Waals surface area contributed by atoms with Crippen molar-refractivity contribution >= 4 is 5.91 Å². The fraction of sp³-hybridized carbons (Fsp3) is 0.545. The molecule has 0 bridgehead atoms. The predicted octanol–water partition coefficient (Wildman–Crippen LogP) is 1.87. The molecule has 0 saturated heterocycles. The molecule has 1 unspecified atom stereocenters. The third kappa shape index (κ3) is 5.98. The number of nitrogens with one attached hydrogen (secondary N) is 1. The van der Waals surface area contributed by atoms with Crippen LogP contribution < -0.4 is 5.32 Å². The standard InChI is InChI=1S/C11H17NO/c1-5-7-10(6-2)12-11(13)8-9(3)4/h1,8,10H,6-7H2,2-4H3,(H,12,13). The van der Waals surface area contributed by atoms with Crippen LogP contribution >= 0.6 is 0 Å². The summed E-state index contributed by atoms with van der Waals surface area (Å²) in [6, 6.07) is 0.105. The van der Waals surface area contributed by atoms with E-state index in [-0.39, 0.29) is 11.9 Å². The van der Waals surface area contributed by atoms with Gasteiger partial charge in [-0.25, -0.2) is 0 Å². The molecule has 0 heterocycles. The Balaban J connectivity index is 4.03. The lowest BCUT2D eigenvalue weighted by molar-refractivity contribution is -0.117. The molecule has 0 saturated carbocycles.